The molecule has 11 heteroatoms. The van der Waals surface area contributed by atoms with Crippen molar-refractivity contribution in [2.75, 3.05) is 26.0 Å². The van der Waals surface area contributed by atoms with E-state index in [1.54, 1.807) is 0 Å². The molecule has 0 rings (SSSR count). The van der Waals surface area contributed by atoms with Gasteiger partial charge in [0, 0.05) is 6.54 Å². The second-order valence-electron chi connectivity index (χ2n) is 2.48. The molecule has 0 aromatic heterocycles. The van der Waals surface area contributed by atoms with E-state index in [0.717, 1.165) is 4.90 Å². The van der Waals surface area contributed by atoms with E-state index in [-0.39, 0.29) is 102 Å². The van der Waals surface area contributed by atoms with E-state index >= 15 is 0 Å². The number of rotatable bonds is 6. The predicted octanol–water partition coefficient (Wildman–Crippen LogP) is -3.44. The van der Waals surface area contributed by atoms with Gasteiger partial charge in [-0.25, -0.2) is 0 Å². The van der Waals surface area contributed by atoms with Crippen molar-refractivity contribution in [3.8, 4) is 0 Å². The SMILES string of the molecule is O=C(O)CN(CCO)CP(=O)(O)O.[NaH].[NaH].[NaH]. The molecular formula is C5H15NNa3O6P. The average Bonchev–Trinajstić information content (AvgIpc) is 1.81. The first-order valence-electron chi connectivity index (χ1n) is 3.44. The minimum atomic E-state index is -4.26. The van der Waals surface area contributed by atoms with Crippen LogP contribution >= 0.6 is 7.60 Å². The molecule has 0 aromatic carbocycles. The summed E-state index contributed by atoms with van der Waals surface area (Å²) >= 11 is 0. The van der Waals surface area contributed by atoms with Crippen LogP contribution in [0.5, 0.6) is 0 Å². The molecular weight excluding hydrogens is 270 g/mol. The van der Waals surface area contributed by atoms with E-state index in [1.807, 2.05) is 0 Å². The number of carbonyl (C=O) groups is 1. The second kappa shape index (κ2) is 14.0. The second-order valence-corrected chi connectivity index (χ2v) is 4.09. The topological polar surface area (TPSA) is 118 Å². The van der Waals surface area contributed by atoms with Crippen LogP contribution in [-0.2, 0) is 9.36 Å². The Labute approximate surface area is 160 Å². The van der Waals surface area contributed by atoms with Crippen molar-refractivity contribution < 1.29 is 29.4 Å². The van der Waals surface area contributed by atoms with Crippen LogP contribution in [0.15, 0.2) is 0 Å². The standard InChI is InChI=1S/C5H12NO6P.3Na.3H/c7-2-1-6(3-5(8)9)4-13(10,11)12;;;;;;/h7H,1-4H2,(H,8,9)(H2,10,11,12);;;;;;. The molecule has 16 heavy (non-hydrogen) atoms. The van der Waals surface area contributed by atoms with E-state index < -0.39 is 26.4 Å². The predicted molar refractivity (Wildman–Crippen MR) is 64.7 cm³/mol. The molecule has 0 saturated heterocycles. The number of carboxylic acid groups (broad SMARTS) is 1. The number of nitrogens with zero attached hydrogens (tertiary/aromatic N) is 1. The first-order valence-corrected chi connectivity index (χ1v) is 5.24. The monoisotopic (exact) mass is 285 g/mol. The average molecular weight is 285 g/mol. The fourth-order valence-corrected chi connectivity index (χ4v) is 1.56. The molecule has 0 spiro atoms. The Hall–Kier alpha value is 2.54. The van der Waals surface area contributed by atoms with E-state index in [9.17, 15) is 9.36 Å². The molecule has 0 aliphatic rings. The fourth-order valence-electron chi connectivity index (χ4n) is 0.793. The van der Waals surface area contributed by atoms with Gasteiger partial charge in [0.05, 0.1) is 13.2 Å². The van der Waals surface area contributed by atoms with Crippen molar-refractivity contribution in [2.45, 2.75) is 0 Å². The summed E-state index contributed by atoms with van der Waals surface area (Å²) in [7, 11) is -4.26. The molecule has 84 valence electrons. The molecule has 0 amide bonds. The number of aliphatic hydroxyl groups excluding tert-OH is 1. The Kier molecular flexibility index (Phi) is 23.5. The Balaban J connectivity index is -0.000000240. The summed E-state index contributed by atoms with van der Waals surface area (Å²) < 4.78 is 10.5. The summed E-state index contributed by atoms with van der Waals surface area (Å²) in [4.78, 5) is 28.2. The third-order valence-corrected chi connectivity index (χ3v) is 1.93. The third-order valence-electron chi connectivity index (χ3n) is 1.16. The van der Waals surface area contributed by atoms with Crippen LogP contribution in [0.25, 0.3) is 0 Å². The molecule has 7 nitrogen and oxygen atoms in total. The molecule has 0 bridgehead atoms. The van der Waals surface area contributed by atoms with Crippen LogP contribution in [0, 0.1) is 0 Å². The zero-order chi connectivity index (χ0) is 10.5. The summed E-state index contributed by atoms with van der Waals surface area (Å²) in [5.74, 6) is -1.19. The van der Waals surface area contributed by atoms with Gasteiger partial charge < -0.3 is 20.0 Å². The van der Waals surface area contributed by atoms with Gasteiger partial charge in [0.25, 0.3) is 0 Å². The van der Waals surface area contributed by atoms with Gasteiger partial charge in [0.15, 0.2) is 0 Å². The Morgan fingerprint density at radius 3 is 1.88 bits per heavy atom. The quantitative estimate of drug-likeness (QED) is 0.296. The van der Waals surface area contributed by atoms with Crippen molar-refractivity contribution in [1.82, 2.24) is 4.90 Å². The van der Waals surface area contributed by atoms with Crippen LogP contribution < -0.4 is 0 Å². The van der Waals surface area contributed by atoms with E-state index in [4.69, 9.17) is 20.0 Å². The number of aliphatic carboxylic acids is 1. The normalized spacial score (nSPS) is 9.75. The summed E-state index contributed by atoms with van der Waals surface area (Å²) in [5, 5.41) is 16.8. The Bertz CT molecular complexity index is 224. The molecule has 0 unspecified atom stereocenters. The number of carboxylic acids is 1. The minimum absolute atomic E-state index is 0. The van der Waals surface area contributed by atoms with Crippen molar-refractivity contribution in [2.24, 2.45) is 0 Å². The Morgan fingerprint density at radius 2 is 1.62 bits per heavy atom. The van der Waals surface area contributed by atoms with Crippen molar-refractivity contribution in [1.29, 1.82) is 0 Å². The summed E-state index contributed by atoms with van der Waals surface area (Å²) in [6, 6.07) is 0. The molecule has 0 aromatic rings. The van der Waals surface area contributed by atoms with Gasteiger partial charge in [-0.3, -0.25) is 14.3 Å². The van der Waals surface area contributed by atoms with Crippen LogP contribution in [-0.4, -0.2) is 146 Å². The molecule has 0 heterocycles. The first kappa shape index (κ1) is 27.0. The van der Waals surface area contributed by atoms with Gasteiger partial charge in [-0.15, -0.1) is 0 Å². The maximum atomic E-state index is 10.5. The van der Waals surface area contributed by atoms with Crippen LogP contribution in [0.4, 0.5) is 0 Å². The number of hydrogen-bond acceptors (Lipinski definition) is 4. The first-order chi connectivity index (χ1) is 5.85. The number of hydrogen-bond donors (Lipinski definition) is 4. The molecule has 0 saturated carbocycles. The molecule has 0 fully saturated rings. The van der Waals surface area contributed by atoms with Crippen molar-refractivity contribution in [3.05, 3.63) is 0 Å². The van der Waals surface area contributed by atoms with Crippen molar-refractivity contribution in [3.63, 3.8) is 0 Å². The van der Waals surface area contributed by atoms with Gasteiger partial charge >= 0.3 is 102 Å². The van der Waals surface area contributed by atoms with Gasteiger partial charge in [-0.1, -0.05) is 0 Å². The molecule has 0 radical (unpaired) electrons. The Morgan fingerprint density at radius 1 is 1.19 bits per heavy atom. The molecule has 0 aliphatic heterocycles. The van der Waals surface area contributed by atoms with Crippen LogP contribution in [0.2, 0.25) is 0 Å². The van der Waals surface area contributed by atoms with Gasteiger partial charge in [0.2, 0.25) is 0 Å². The summed E-state index contributed by atoms with van der Waals surface area (Å²) in [6.45, 7) is -0.906. The van der Waals surface area contributed by atoms with Crippen molar-refractivity contribution >= 4 is 102 Å². The molecule has 4 N–H and O–H groups in total. The fraction of sp³-hybridized carbons (Fsp3) is 0.800. The number of aliphatic hydroxyl groups is 1. The van der Waals surface area contributed by atoms with E-state index in [2.05, 4.69) is 0 Å². The van der Waals surface area contributed by atoms with Gasteiger partial charge in [-0.2, -0.15) is 0 Å². The third kappa shape index (κ3) is 18.9. The summed E-state index contributed by atoms with van der Waals surface area (Å²) in [6.07, 6.45) is -0.653. The molecule has 0 atom stereocenters. The maximum absolute atomic E-state index is 10.5. The summed E-state index contributed by atoms with van der Waals surface area (Å²) in [5.41, 5.74) is 0. The van der Waals surface area contributed by atoms with E-state index in [0.29, 0.717) is 0 Å². The zero-order valence-corrected chi connectivity index (χ0v) is 7.72. The molecule has 0 aliphatic carbocycles. The zero-order valence-electron chi connectivity index (χ0n) is 6.83. The van der Waals surface area contributed by atoms with Crippen LogP contribution in [0.1, 0.15) is 0 Å². The van der Waals surface area contributed by atoms with Crippen LogP contribution in [0.3, 0.4) is 0 Å². The van der Waals surface area contributed by atoms with Gasteiger partial charge in [0.1, 0.15) is 6.29 Å². The van der Waals surface area contributed by atoms with Gasteiger partial charge in [-0.05, 0) is 0 Å². The van der Waals surface area contributed by atoms with E-state index in [1.165, 1.54) is 0 Å².